The first kappa shape index (κ1) is 24.7. The van der Waals surface area contributed by atoms with Crippen molar-refractivity contribution in [1.29, 1.82) is 0 Å². The molecule has 1 saturated carbocycles. The molecule has 3 aliphatic rings. The summed E-state index contributed by atoms with van der Waals surface area (Å²) in [5, 5.41) is 2.83. The standard InChI is InChI=1S/C28H41N3O3/c1-20(32)29-17-11-5-8-16-27(34)31-24-19-28(3)25(14-9-10-15-26(28)31)30(21(2)33)23(24)18-22-12-6-4-7-13-22/h4,6-7,12-13,23-26H,5,8-11,14-19H2,1-3H3,(H,29,32)/t23-,24+,25-,26+,28-/m1/s1. The molecule has 1 aromatic carbocycles. The average Bonchev–Trinajstić information content (AvgIpc) is 2.95. The Bertz CT molecular complexity index is 888. The molecule has 5 atom stereocenters. The van der Waals surface area contributed by atoms with Crippen LogP contribution in [0.25, 0.3) is 0 Å². The van der Waals surface area contributed by atoms with Gasteiger partial charge in [-0.1, -0.05) is 56.5 Å². The van der Waals surface area contributed by atoms with Crippen molar-refractivity contribution in [3.8, 4) is 0 Å². The highest BCUT2D eigenvalue weighted by Crippen LogP contribution is 2.55. The number of unbranched alkanes of at least 4 members (excludes halogenated alkanes) is 2. The molecule has 3 fully saturated rings. The molecule has 0 spiro atoms. The number of nitrogens with zero attached hydrogens (tertiary/aromatic N) is 2. The lowest BCUT2D eigenvalue weighted by Crippen LogP contribution is -2.61. The summed E-state index contributed by atoms with van der Waals surface area (Å²) in [7, 11) is 0. The molecule has 1 N–H and O–H groups in total. The van der Waals surface area contributed by atoms with E-state index in [-0.39, 0.29) is 47.3 Å². The van der Waals surface area contributed by atoms with Crippen molar-refractivity contribution in [2.75, 3.05) is 6.54 Å². The van der Waals surface area contributed by atoms with Gasteiger partial charge >= 0.3 is 0 Å². The third kappa shape index (κ3) is 4.87. The number of hydrogen-bond acceptors (Lipinski definition) is 3. The first-order valence-corrected chi connectivity index (χ1v) is 13.2. The van der Waals surface area contributed by atoms with Crippen LogP contribution in [0, 0.1) is 5.41 Å². The number of amides is 3. The van der Waals surface area contributed by atoms with Gasteiger partial charge in [-0.2, -0.15) is 0 Å². The Labute approximate surface area is 204 Å². The Kier molecular flexibility index (Phi) is 7.63. The quantitative estimate of drug-likeness (QED) is 0.586. The third-order valence-corrected chi connectivity index (χ3v) is 8.59. The zero-order chi connectivity index (χ0) is 24.3. The van der Waals surface area contributed by atoms with Crippen LogP contribution in [0.1, 0.15) is 84.1 Å². The largest absolute Gasteiger partial charge is 0.356 e. The zero-order valence-corrected chi connectivity index (χ0v) is 21.1. The van der Waals surface area contributed by atoms with Crippen LogP contribution >= 0.6 is 0 Å². The predicted octanol–water partition coefficient (Wildman–Crippen LogP) is 4.07. The monoisotopic (exact) mass is 467 g/mol. The van der Waals surface area contributed by atoms with E-state index in [1.807, 2.05) is 6.07 Å². The Morgan fingerprint density at radius 3 is 2.29 bits per heavy atom. The van der Waals surface area contributed by atoms with Crippen LogP contribution in [0.3, 0.4) is 0 Å². The van der Waals surface area contributed by atoms with Gasteiger partial charge in [-0.15, -0.1) is 0 Å². The van der Waals surface area contributed by atoms with Crippen LogP contribution < -0.4 is 5.32 Å². The second kappa shape index (κ2) is 10.5. The van der Waals surface area contributed by atoms with Crippen molar-refractivity contribution >= 4 is 17.7 Å². The molecule has 1 aliphatic carbocycles. The summed E-state index contributed by atoms with van der Waals surface area (Å²) in [6.45, 7) is 6.26. The normalized spacial score (nSPS) is 30.1. The molecule has 2 bridgehead atoms. The fraction of sp³-hybridized carbons (Fsp3) is 0.679. The molecule has 0 unspecified atom stereocenters. The van der Waals surface area contributed by atoms with E-state index in [2.05, 4.69) is 46.3 Å². The Morgan fingerprint density at radius 2 is 1.65 bits per heavy atom. The lowest BCUT2D eigenvalue weighted by Gasteiger charge is -2.50. The topological polar surface area (TPSA) is 69.7 Å². The molecule has 0 radical (unpaired) electrons. The van der Waals surface area contributed by atoms with Gasteiger partial charge in [0.15, 0.2) is 0 Å². The van der Waals surface area contributed by atoms with Crippen LogP contribution in [-0.2, 0) is 20.8 Å². The van der Waals surface area contributed by atoms with Crippen molar-refractivity contribution in [2.45, 2.75) is 109 Å². The van der Waals surface area contributed by atoms with Gasteiger partial charge < -0.3 is 15.1 Å². The predicted molar refractivity (Wildman–Crippen MR) is 133 cm³/mol. The van der Waals surface area contributed by atoms with Gasteiger partial charge in [0, 0.05) is 44.3 Å². The van der Waals surface area contributed by atoms with Gasteiger partial charge in [0.05, 0.1) is 12.1 Å². The summed E-state index contributed by atoms with van der Waals surface area (Å²) in [5.74, 6) is 0.396. The van der Waals surface area contributed by atoms with Gasteiger partial charge in [-0.25, -0.2) is 0 Å². The summed E-state index contributed by atoms with van der Waals surface area (Å²) >= 11 is 0. The van der Waals surface area contributed by atoms with Gasteiger partial charge in [-0.3, -0.25) is 14.4 Å². The number of likely N-dealkylation sites (tertiary alicyclic amines) is 2. The Morgan fingerprint density at radius 1 is 0.971 bits per heavy atom. The van der Waals surface area contributed by atoms with Crippen LogP contribution in [0.4, 0.5) is 0 Å². The number of nitrogens with one attached hydrogen (secondary N) is 1. The van der Waals surface area contributed by atoms with Crippen LogP contribution in [0.15, 0.2) is 30.3 Å². The van der Waals surface area contributed by atoms with Crippen LogP contribution in [0.5, 0.6) is 0 Å². The SMILES string of the molecule is CC(=O)NCCCCCC(=O)N1[C@H]2CCCC[C@H]3N(C(C)=O)[C@H](Cc4ccccc4)[C@@H]1C[C@@]23C. The summed E-state index contributed by atoms with van der Waals surface area (Å²) < 4.78 is 0. The molecule has 3 amide bonds. The number of hydrogen-bond donors (Lipinski definition) is 1. The van der Waals surface area contributed by atoms with E-state index in [4.69, 9.17) is 0 Å². The molecule has 186 valence electrons. The summed E-state index contributed by atoms with van der Waals surface area (Å²) in [4.78, 5) is 42.3. The molecule has 6 nitrogen and oxygen atoms in total. The second-order valence-electron chi connectivity index (χ2n) is 10.9. The number of piperidine rings is 1. The zero-order valence-electron chi connectivity index (χ0n) is 21.1. The summed E-state index contributed by atoms with van der Waals surface area (Å²) in [6, 6.07) is 11.0. The van der Waals surface area contributed by atoms with Gasteiger partial charge in [-0.05, 0) is 44.1 Å². The van der Waals surface area contributed by atoms with Crippen molar-refractivity contribution in [1.82, 2.24) is 15.1 Å². The van der Waals surface area contributed by atoms with E-state index < -0.39 is 0 Å². The molecule has 1 aromatic rings. The van der Waals surface area contributed by atoms with Gasteiger partial charge in [0.1, 0.15) is 0 Å². The van der Waals surface area contributed by atoms with E-state index in [1.165, 1.54) is 12.5 Å². The van der Waals surface area contributed by atoms with E-state index in [0.717, 1.165) is 57.8 Å². The van der Waals surface area contributed by atoms with Gasteiger partial charge in [0.25, 0.3) is 0 Å². The molecule has 6 heteroatoms. The van der Waals surface area contributed by atoms with E-state index >= 15 is 0 Å². The van der Waals surface area contributed by atoms with Crippen molar-refractivity contribution in [3.63, 3.8) is 0 Å². The molecule has 0 aromatic heterocycles. The highest BCUT2D eigenvalue weighted by molar-refractivity contribution is 5.79. The van der Waals surface area contributed by atoms with Crippen molar-refractivity contribution in [3.05, 3.63) is 35.9 Å². The Hall–Kier alpha value is -2.37. The minimum absolute atomic E-state index is 0.00365. The molecule has 34 heavy (non-hydrogen) atoms. The van der Waals surface area contributed by atoms with E-state index in [9.17, 15) is 14.4 Å². The third-order valence-electron chi connectivity index (χ3n) is 8.59. The Balaban J connectivity index is 1.56. The van der Waals surface area contributed by atoms with Crippen molar-refractivity contribution < 1.29 is 14.4 Å². The smallest absolute Gasteiger partial charge is 0.223 e. The lowest BCUT2D eigenvalue weighted by atomic mass is 9.69. The fourth-order valence-electron chi connectivity index (χ4n) is 7.13. The summed E-state index contributed by atoms with van der Waals surface area (Å²) in [5.41, 5.74) is 1.20. The highest BCUT2D eigenvalue weighted by Gasteiger charge is 2.63. The van der Waals surface area contributed by atoms with E-state index in [1.54, 1.807) is 6.92 Å². The first-order chi connectivity index (χ1) is 16.3. The number of rotatable bonds is 8. The molecule has 2 heterocycles. The average molecular weight is 468 g/mol. The maximum atomic E-state index is 13.7. The second-order valence-corrected chi connectivity index (χ2v) is 10.9. The summed E-state index contributed by atoms with van der Waals surface area (Å²) in [6.07, 6.45) is 9.34. The lowest BCUT2D eigenvalue weighted by molar-refractivity contribution is -0.143. The molecule has 4 rings (SSSR count). The fourth-order valence-corrected chi connectivity index (χ4v) is 7.13. The highest BCUT2D eigenvalue weighted by atomic mass is 16.2. The van der Waals surface area contributed by atoms with Crippen LogP contribution in [0.2, 0.25) is 0 Å². The van der Waals surface area contributed by atoms with Gasteiger partial charge in [0.2, 0.25) is 17.7 Å². The maximum absolute atomic E-state index is 13.7. The van der Waals surface area contributed by atoms with Crippen molar-refractivity contribution in [2.24, 2.45) is 5.41 Å². The molecule has 2 aliphatic heterocycles. The first-order valence-electron chi connectivity index (χ1n) is 13.2. The minimum atomic E-state index is -0.0267. The van der Waals surface area contributed by atoms with Crippen LogP contribution in [-0.4, -0.2) is 58.2 Å². The molecule has 2 saturated heterocycles. The number of fused-ring (bicyclic) bond motifs is 1. The number of benzene rings is 1. The minimum Gasteiger partial charge on any atom is -0.356 e. The maximum Gasteiger partial charge on any atom is 0.223 e. The molecular weight excluding hydrogens is 426 g/mol. The number of carbonyl (C=O) groups is 3. The number of carbonyl (C=O) groups excluding carboxylic acids is 3. The van der Waals surface area contributed by atoms with E-state index in [0.29, 0.717) is 13.0 Å². The molecular formula is C28H41N3O3.